The van der Waals surface area contributed by atoms with E-state index in [1.807, 2.05) is 37.3 Å². The fourth-order valence-electron chi connectivity index (χ4n) is 3.36. The predicted octanol–water partition coefficient (Wildman–Crippen LogP) is 4.51. The molecule has 0 aromatic heterocycles. The zero-order chi connectivity index (χ0) is 18.5. The summed E-state index contributed by atoms with van der Waals surface area (Å²) in [6, 6.07) is 13.8. The van der Waals surface area contributed by atoms with Crippen LogP contribution in [0.4, 0.5) is 5.69 Å². The number of nitrogens with zero attached hydrogens (tertiary/aromatic N) is 1. The number of carbonyl (C=O) groups excluding carboxylic acids is 1. The van der Waals surface area contributed by atoms with E-state index in [4.69, 9.17) is 16.3 Å². The van der Waals surface area contributed by atoms with Crippen molar-refractivity contribution in [2.24, 2.45) is 5.92 Å². The van der Waals surface area contributed by atoms with Crippen LogP contribution in [0.25, 0.3) is 0 Å². The summed E-state index contributed by atoms with van der Waals surface area (Å²) < 4.78 is 5.29. The first-order chi connectivity index (χ1) is 12.6. The Labute approximate surface area is 160 Å². The van der Waals surface area contributed by atoms with Gasteiger partial charge in [-0.3, -0.25) is 9.69 Å². The molecule has 2 aromatic rings. The lowest BCUT2D eigenvalue weighted by atomic mass is 9.95. The van der Waals surface area contributed by atoms with Crippen molar-refractivity contribution in [3.05, 3.63) is 58.6 Å². The monoisotopic (exact) mass is 372 g/mol. The van der Waals surface area contributed by atoms with Crippen LogP contribution in [0, 0.1) is 12.8 Å². The molecule has 1 aliphatic rings. The highest BCUT2D eigenvalue weighted by Crippen LogP contribution is 2.26. The SMILES string of the molecule is COc1cccc(CN2CCC(C(=O)Nc3cccc(Cl)c3C)CC2)c1. The summed E-state index contributed by atoms with van der Waals surface area (Å²) in [4.78, 5) is 15.0. The Morgan fingerprint density at radius 1 is 1.23 bits per heavy atom. The van der Waals surface area contributed by atoms with Gasteiger partial charge in [-0.15, -0.1) is 0 Å². The molecule has 0 bridgehead atoms. The Bertz CT molecular complexity index is 770. The second kappa shape index (κ2) is 8.56. The Morgan fingerprint density at radius 3 is 2.69 bits per heavy atom. The number of ether oxygens (including phenoxy) is 1. The van der Waals surface area contributed by atoms with Crippen molar-refractivity contribution in [3.63, 3.8) is 0 Å². The molecule has 3 rings (SSSR count). The molecular formula is C21H25ClN2O2. The van der Waals surface area contributed by atoms with E-state index in [-0.39, 0.29) is 11.8 Å². The summed E-state index contributed by atoms with van der Waals surface area (Å²) in [6.07, 6.45) is 1.74. The normalized spacial score (nSPS) is 15.7. The summed E-state index contributed by atoms with van der Waals surface area (Å²) >= 11 is 6.13. The molecule has 0 unspecified atom stereocenters. The molecule has 1 fully saturated rings. The number of rotatable bonds is 5. The van der Waals surface area contributed by atoms with E-state index >= 15 is 0 Å². The molecule has 1 amide bonds. The van der Waals surface area contributed by atoms with Gasteiger partial charge in [-0.05, 0) is 68.2 Å². The number of carbonyl (C=O) groups is 1. The Kier molecular flexibility index (Phi) is 6.17. The highest BCUT2D eigenvalue weighted by atomic mass is 35.5. The summed E-state index contributed by atoms with van der Waals surface area (Å²) in [6.45, 7) is 4.65. The van der Waals surface area contributed by atoms with Gasteiger partial charge in [0, 0.05) is 23.2 Å². The van der Waals surface area contributed by atoms with Gasteiger partial charge in [0.05, 0.1) is 7.11 Å². The lowest BCUT2D eigenvalue weighted by Crippen LogP contribution is -2.37. The molecule has 4 nitrogen and oxygen atoms in total. The summed E-state index contributed by atoms with van der Waals surface area (Å²) in [5, 5.41) is 3.72. The van der Waals surface area contributed by atoms with Crippen LogP contribution in [-0.4, -0.2) is 31.0 Å². The number of methoxy groups -OCH3 is 1. The third-order valence-electron chi connectivity index (χ3n) is 5.02. The van der Waals surface area contributed by atoms with Gasteiger partial charge in [-0.2, -0.15) is 0 Å². The van der Waals surface area contributed by atoms with Crippen molar-refractivity contribution >= 4 is 23.2 Å². The van der Waals surface area contributed by atoms with Gasteiger partial charge in [0.15, 0.2) is 0 Å². The van der Waals surface area contributed by atoms with Crippen LogP contribution in [0.1, 0.15) is 24.0 Å². The van der Waals surface area contributed by atoms with Crippen LogP contribution in [0.3, 0.4) is 0 Å². The van der Waals surface area contributed by atoms with Crippen molar-refractivity contribution in [1.29, 1.82) is 0 Å². The number of benzene rings is 2. The van der Waals surface area contributed by atoms with Crippen molar-refractivity contribution in [3.8, 4) is 5.75 Å². The van der Waals surface area contributed by atoms with Crippen LogP contribution < -0.4 is 10.1 Å². The summed E-state index contributed by atoms with van der Waals surface area (Å²) in [5.74, 6) is 1.03. The summed E-state index contributed by atoms with van der Waals surface area (Å²) in [5.41, 5.74) is 2.96. The second-order valence-corrected chi connectivity index (χ2v) is 7.21. The topological polar surface area (TPSA) is 41.6 Å². The van der Waals surface area contributed by atoms with Gasteiger partial charge in [0.25, 0.3) is 0 Å². The van der Waals surface area contributed by atoms with Gasteiger partial charge >= 0.3 is 0 Å². The minimum Gasteiger partial charge on any atom is -0.497 e. The van der Waals surface area contributed by atoms with E-state index in [2.05, 4.69) is 22.3 Å². The Morgan fingerprint density at radius 2 is 1.96 bits per heavy atom. The van der Waals surface area contributed by atoms with E-state index < -0.39 is 0 Å². The van der Waals surface area contributed by atoms with Crippen molar-refractivity contribution in [2.45, 2.75) is 26.3 Å². The number of likely N-dealkylation sites (tertiary alicyclic amines) is 1. The first kappa shape index (κ1) is 18.7. The standard InChI is InChI=1S/C21H25ClN2O2/c1-15-19(22)7-4-8-20(15)23-21(25)17-9-11-24(12-10-17)14-16-5-3-6-18(13-16)26-2/h3-8,13,17H,9-12,14H2,1-2H3,(H,23,25). The molecule has 0 saturated carbocycles. The molecule has 5 heteroatoms. The molecule has 1 saturated heterocycles. The molecule has 1 heterocycles. The number of nitrogens with one attached hydrogen (secondary N) is 1. The van der Waals surface area contributed by atoms with E-state index in [0.717, 1.165) is 49.5 Å². The highest BCUT2D eigenvalue weighted by Gasteiger charge is 2.25. The number of amides is 1. The van der Waals surface area contributed by atoms with Gasteiger partial charge in [0.2, 0.25) is 5.91 Å². The van der Waals surface area contributed by atoms with Crippen molar-refractivity contribution in [2.75, 3.05) is 25.5 Å². The van der Waals surface area contributed by atoms with Crippen LogP contribution in [0.15, 0.2) is 42.5 Å². The number of anilines is 1. The van der Waals surface area contributed by atoms with Crippen LogP contribution in [0.2, 0.25) is 5.02 Å². The largest absolute Gasteiger partial charge is 0.497 e. The molecule has 26 heavy (non-hydrogen) atoms. The van der Waals surface area contributed by atoms with E-state index in [9.17, 15) is 4.79 Å². The molecule has 2 aromatic carbocycles. The Hall–Kier alpha value is -2.04. The van der Waals surface area contributed by atoms with Crippen molar-refractivity contribution < 1.29 is 9.53 Å². The molecule has 1 N–H and O–H groups in total. The van der Waals surface area contributed by atoms with Crippen LogP contribution in [-0.2, 0) is 11.3 Å². The second-order valence-electron chi connectivity index (χ2n) is 6.80. The molecular weight excluding hydrogens is 348 g/mol. The number of hydrogen-bond acceptors (Lipinski definition) is 3. The van der Waals surface area contributed by atoms with Gasteiger partial charge in [-0.1, -0.05) is 29.8 Å². The highest BCUT2D eigenvalue weighted by molar-refractivity contribution is 6.31. The van der Waals surface area contributed by atoms with Crippen LogP contribution >= 0.6 is 11.6 Å². The number of piperidine rings is 1. The van der Waals surface area contributed by atoms with Crippen molar-refractivity contribution in [1.82, 2.24) is 4.90 Å². The lowest BCUT2D eigenvalue weighted by molar-refractivity contribution is -0.121. The van der Waals surface area contributed by atoms with Gasteiger partial charge in [-0.25, -0.2) is 0 Å². The molecule has 0 spiro atoms. The molecule has 138 valence electrons. The van der Waals surface area contributed by atoms with E-state index in [0.29, 0.717) is 5.02 Å². The molecule has 0 aliphatic carbocycles. The third kappa shape index (κ3) is 4.57. The predicted molar refractivity (Wildman–Crippen MR) is 106 cm³/mol. The maximum Gasteiger partial charge on any atom is 0.227 e. The van der Waals surface area contributed by atoms with Gasteiger partial charge in [0.1, 0.15) is 5.75 Å². The maximum absolute atomic E-state index is 12.6. The minimum atomic E-state index is 0.0509. The minimum absolute atomic E-state index is 0.0509. The fraction of sp³-hybridized carbons (Fsp3) is 0.381. The van der Waals surface area contributed by atoms with Crippen LogP contribution in [0.5, 0.6) is 5.75 Å². The lowest BCUT2D eigenvalue weighted by Gasteiger charge is -2.31. The fourth-order valence-corrected chi connectivity index (χ4v) is 3.53. The molecule has 1 aliphatic heterocycles. The number of halogens is 1. The third-order valence-corrected chi connectivity index (χ3v) is 5.43. The van der Waals surface area contributed by atoms with Gasteiger partial charge < -0.3 is 10.1 Å². The quantitative estimate of drug-likeness (QED) is 0.839. The molecule has 0 radical (unpaired) electrons. The Balaban J connectivity index is 1.53. The average molecular weight is 373 g/mol. The summed E-state index contributed by atoms with van der Waals surface area (Å²) in [7, 11) is 1.69. The maximum atomic E-state index is 12.6. The first-order valence-corrected chi connectivity index (χ1v) is 9.36. The zero-order valence-electron chi connectivity index (χ0n) is 15.3. The zero-order valence-corrected chi connectivity index (χ0v) is 16.1. The average Bonchev–Trinajstić information content (AvgIpc) is 2.66. The molecule has 0 atom stereocenters. The smallest absolute Gasteiger partial charge is 0.227 e. The number of hydrogen-bond donors (Lipinski definition) is 1. The van der Waals surface area contributed by atoms with E-state index in [1.54, 1.807) is 7.11 Å². The first-order valence-electron chi connectivity index (χ1n) is 8.98. The van der Waals surface area contributed by atoms with E-state index in [1.165, 1.54) is 5.56 Å².